The van der Waals surface area contributed by atoms with Crippen LogP contribution in [0.3, 0.4) is 0 Å². The summed E-state index contributed by atoms with van der Waals surface area (Å²) in [4.78, 5) is 20.4. The Morgan fingerprint density at radius 3 is 2.21 bits per heavy atom. The Bertz CT molecular complexity index is 1240. The number of nitrogens with zero attached hydrogens (tertiary/aromatic N) is 3. The summed E-state index contributed by atoms with van der Waals surface area (Å²) in [6.45, 7) is 5.90. The first kappa shape index (κ1) is 22.1. The van der Waals surface area contributed by atoms with Gasteiger partial charge in [0.15, 0.2) is 0 Å². The zero-order chi connectivity index (χ0) is 22.6. The molecule has 33 heavy (non-hydrogen) atoms. The second-order valence-electron chi connectivity index (χ2n) is 8.69. The minimum absolute atomic E-state index is 0.0128. The van der Waals surface area contributed by atoms with E-state index in [9.17, 15) is 4.79 Å². The smallest absolute Gasteiger partial charge is 0.306 e. The summed E-state index contributed by atoms with van der Waals surface area (Å²) < 4.78 is 2.97. The second kappa shape index (κ2) is 10.1. The molecule has 1 fully saturated rings. The maximum atomic E-state index is 12.3. The molecule has 0 bridgehead atoms. The largest absolute Gasteiger partial charge is 0.326 e. The van der Waals surface area contributed by atoms with Gasteiger partial charge in [0, 0.05) is 37.2 Å². The van der Waals surface area contributed by atoms with E-state index < -0.39 is 0 Å². The van der Waals surface area contributed by atoms with Crippen LogP contribution in [0.2, 0.25) is 0 Å². The summed E-state index contributed by atoms with van der Waals surface area (Å²) in [5, 5.41) is 0. The third kappa shape index (κ3) is 4.98. The number of aromatic nitrogens is 2. The molecule has 0 spiro atoms. The predicted molar refractivity (Wildman–Crippen MR) is 138 cm³/mol. The van der Waals surface area contributed by atoms with Crippen molar-refractivity contribution in [1.29, 1.82) is 0 Å². The molecule has 1 N–H and O–H groups in total. The van der Waals surface area contributed by atoms with Crippen molar-refractivity contribution >= 4 is 27.0 Å². The number of imidazole rings is 1. The molecule has 1 aromatic heterocycles. The van der Waals surface area contributed by atoms with Crippen LogP contribution in [0.5, 0.6) is 0 Å². The minimum atomic E-state index is -0.0128. The summed E-state index contributed by atoms with van der Waals surface area (Å²) in [6, 6.07) is 27.7. The van der Waals surface area contributed by atoms with E-state index in [2.05, 4.69) is 85.3 Å². The molecule has 4 aromatic rings. The Morgan fingerprint density at radius 2 is 1.45 bits per heavy atom. The normalized spacial score (nSPS) is 16.3. The predicted octanol–water partition coefficient (Wildman–Crippen LogP) is 4.89. The van der Waals surface area contributed by atoms with Gasteiger partial charge in [-0.05, 0) is 48.4 Å². The number of benzene rings is 3. The fourth-order valence-corrected chi connectivity index (χ4v) is 5.19. The third-order valence-corrected chi connectivity index (χ3v) is 7.14. The molecule has 5 nitrogen and oxygen atoms in total. The molecule has 0 aliphatic carbocycles. The van der Waals surface area contributed by atoms with Crippen molar-refractivity contribution in [2.45, 2.75) is 19.0 Å². The Kier molecular flexibility index (Phi) is 6.76. The van der Waals surface area contributed by atoms with E-state index in [0.717, 1.165) is 61.2 Å². The molecule has 170 valence electrons. The Balaban J connectivity index is 1.21. The van der Waals surface area contributed by atoms with Crippen LogP contribution in [0, 0.1) is 0 Å². The van der Waals surface area contributed by atoms with Gasteiger partial charge >= 0.3 is 5.69 Å². The van der Waals surface area contributed by atoms with Crippen LogP contribution < -0.4 is 5.69 Å². The maximum Gasteiger partial charge on any atom is 0.326 e. The van der Waals surface area contributed by atoms with Gasteiger partial charge in [0.05, 0.1) is 17.1 Å². The number of aromatic amines is 1. The Labute approximate surface area is 202 Å². The van der Waals surface area contributed by atoms with E-state index in [1.807, 2.05) is 28.8 Å². The van der Waals surface area contributed by atoms with Gasteiger partial charge < -0.3 is 9.88 Å². The van der Waals surface area contributed by atoms with Gasteiger partial charge in [-0.15, -0.1) is 0 Å². The number of rotatable bonds is 7. The zero-order valence-electron chi connectivity index (χ0n) is 18.7. The van der Waals surface area contributed by atoms with Crippen LogP contribution in [-0.4, -0.2) is 52.1 Å². The number of H-pyrrole nitrogens is 1. The molecule has 1 atom stereocenters. The number of hydrogen-bond acceptors (Lipinski definition) is 3. The summed E-state index contributed by atoms with van der Waals surface area (Å²) in [5.74, 6) is 0. The molecule has 1 aliphatic rings. The van der Waals surface area contributed by atoms with Crippen LogP contribution >= 0.6 is 15.9 Å². The third-order valence-electron chi connectivity index (χ3n) is 6.61. The molecular formula is C27H29BrN4O. The van der Waals surface area contributed by atoms with E-state index in [0.29, 0.717) is 0 Å². The molecule has 5 rings (SSSR count). The topological polar surface area (TPSA) is 44.3 Å². The summed E-state index contributed by atoms with van der Waals surface area (Å²) in [6.07, 6.45) is 0.969. The highest BCUT2D eigenvalue weighted by molar-refractivity contribution is 9.10. The van der Waals surface area contributed by atoms with Crippen LogP contribution in [0.25, 0.3) is 11.0 Å². The van der Waals surface area contributed by atoms with E-state index in [4.69, 9.17) is 0 Å². The molecule has 1 aliphatic heterocycles. The maximum absolute atomic E-state index is 12.3. The number of nitrogens with one attached hydrogen (secondary N) is 1. The number of fused-ring (bicyclic) bond motifs is 1. The molecule has 0 amide bonds. The molecular weight excluding hydrogens is 476 g/mol. The highest BCUT2D eigenvalue weighted by Gasteiger charge is 2.26. The van der Waals surface area contributed by atoms with Crippen molar-refractivity contribution in [3.63, 3.8) is 0 Å². The van der Waals surface area contributed by atoms with Crippen molar-refractivity contribution in [1.82, 2.24) is 19.4 Å². The number of para-hydroxylation sites is 2. The SMILES string of the molecule is O=c1[nH]c2ccccc2n1CCCN1CCN(C(c2ccccc2)c2ccc(Br)cc2)CC1. The second-order valence-corrected chi connectivity index (χ2v) is 9.61. The lowest BCUT2D eigenvalue weighted by Gasteiger charge is -2.40. The molecule has 2 heterocycles. The monoisotopic (exact) mass is 504 g/mol. The van der Waals surface area contributed by atoms with Gasteiger partial charge in [-0.2, -0.15) is 0 Å². The Hall–Kier alpha value is -2.67. The fourth-order valence-electron chi connectivity index (χ4n) is 4.92. The van der Waals surface area contributed by atoms with E-state index >= 15 is 0 Å². The zero-order valence-corrected chi connectivity index (χ0v) is 20.2. The standard InChI is InChI=1S/C27H29BrN4O/c28-23-13-11-22(12-14-23)26(21-7-2-1-3-8-21)31-19-17-30(18-20-31)15-6-16-32-25-10-5-4-9-24(25)29-27(32)33/h1-5,7-14,26H,6,15-20H2,(H,29,33). The molecule has 1 saturated heterocycles. The van der Waals surface area contributed by atoms with Crippen molar-refractivity contribution in [2.75, 3.05) is 32.7 Å². The average Bonchev–Trinajstić information content (AvgIpc) is 3.17. The van der Waals surface area contributed by atoms with Gasteiger partial charge in [0.25, 0.3) is 0 Å². The molecule has 1 unspecified atom stereocenters. The van der Waals surface area contributed by atoms with Gasteiger partial charge in [-0.25, -0.2) is 4.79 Å². The summed E-state index contributed by atoms with van der Waals surface area (Å²) in [5.41, 5.74) is 4.56. The fraction of sp³-hybridized carbons (Fsp3) is 0.296. The number of halogens is 1. The van der Waals surface area contributed by atoms with Crippen LogP contribution in [-0.2, 0) is 6.54 Å². The van der Waals surface area contributed by atoms with Crippen molar-refractivity contribution in [2.24, 2.45) is 0 Å². The first-order valence-corrected chi connectivity index (χ1v) is 12.4. The molecule has 6 heteroatoms. The lowest BCUT2D eigenvalue weighted by molar-refractivity contribution is 0.108. The van der Waals surface area contributed by atoms with E-state index in [-0.39, 0.29) is 11.7 Å². The molecule has 3 aromatic carbocycles. The molecule has 0 saturated carbocycles. The lowest BCUT2D eigenvalue weighted by atomic mass is 9.96. The van der Waals surface area contributed by atoms with Crippen LogP contribution in [0.4, 0.5) is 0 Å². The number of piperazine rings is 1. The molecule has 0 radical (unpaired) electrons. The van der Waals surface area contributed by atoms with Gasteiger partial charge in [0.2, 0.25) is 0 Å². The summed E-state index contributed by atoms with van der Waals surface area (Å²) >= 11 is 3.57. The number of aryl methyl sites for hydroxylation is 1. The minimum Gasteiger partial charge on any atom is -0.306 e. The Morgan fingerprint density at radius 1 is 0.788 bits per heavy atom. The highest BCUT2D eigenvalue weighted by atomic mass is 79.9. The quantitative estimate of drug-likeness (QED) is 0.389. The first-order valence-electron chi connectivity index (χ1n) is 11.6. The van der Waals surface area contributed by atoms with Gasteiger partial charge in [-0.3, -0.25) is 9.47 Å². The average molecular weight is 505 g/mol. The van der Waals surface area contributed by atoms with E-state index in [1.165, 1.54) is 11.1 Å². The van der Waals surface area contributed by atoms with Crippen molar-refractivity contribution in [3.05, 3.63) is 105 Å². The highest BCUT2D eigenvalue weighted by Crippen LogP contribution is 2.30. The van der Waals surface area contributed by atoms with Crippen LogP contribution in [0.15, 0.2) is 88.1 Å². The van der Waals surface area contributed by atoms with Crippen molar-refractivity contribution in [3.8, 4) is 0 Å². The van der Waals surface area contributed by atoms with Crippen molar-refractivity contribution < 1.29 is 0 Å². The van der Waals surface area contributed by atoms with Gasteiger partial charge in [-0.1, -0.05) is 70.5 Å². The van der Waals surface area contributed by atoms with Gasteiger partial charge in [0.1, 0.15) is 0 Å². The van der Waals surface area contributed by atoms with Crippen LogP contribution in [0.1, 0.15) is 23.6 Å². The summed E-state index contributed by atoms with van der Waals surface area (Å²) in [7, 11) is 0. The number of hydrogen-bond donors (Lipinski definition) is 1. The first-order chi connectivity index (χ1) is 16.2. The lowest BCUT2D eigenvalue weighted by Crippen LogP contribution is -2.48. The van der Waals surface area contributed by atoms with E-state index in [1.54, 1.807) is 0 Å².